The molecule has 3 nitrogen and oxygen atoms in total. The van der Waals surface area contributed by atoms with Crippen LogP contribution in [-0.4, -0.2) is 18.9 Å². The molecule has 0 amide bonds. The SMILES string of the molecule is CCOC(=O)C1CCc2cc(C=O)sc2C1. The van der Waals surface area contributed by atoms with Crippen molar-refractivity contribution in [3.05, 3.63) is 21.4 Å². The third-order valence-electron chi connectivity index (χ3n) is 2.85. The van der Waals surface area contributed by atoms with Crippen LogP contribution in [0.25, 0.3) is 0 Å². The van der Waals surface area contributed by atoms with Crippen molar-refractivity contribution in [3.8, 4) is 0 Å². The number of hydrogen-bond donors (Lipinski definition) is 0. The maximum atomic E-state index is 11.6. The lowest BCUT2D eigenvalue weighted by atomic mass is 9.89. The fourth-order valence-corrected chi connectivity index (χ4v) is 3.16. The largest absolute Gasteiger partial charge is 0.466 e. The van der Waals surface area contributed by atoms with Crippen molar-refractivity contribution in [2.75, 3.05) is 6.61 Å². The molecule has 4 heteroatoms. The van der Waals surface area contributed by atoms with E-state index < -0.39 is 0 Å². The molecule has 0 radical (unpaired) electrons. The van der Waals surface area contributed by atoms with E-state index in [0.717, 1.165) is 30.4 Å². The van der Waals surface area contributed by atoms with Gasteiger partial charge in [-0.15, -0.1) is 11.3 Å². The van der Waals surface area contributed by atoms with Crippen LogP contribution in [-0.2, 0) is 22.4 Å². The number of aryl methyl sites for hydroxylation is 1. The minimum atomic E-state index is -0.103. The van der Waals surface area contributed by atoms with Gasteiger partial charge in [-0.3, -0.25) is 9.59 Å². The molecule has 1 aliphatic carbocycles. The van der Waals surface area contributed by atoms with Gasteiger partial charge in [-0.05, 0) is 37.8 Å². The molecule has 0 N–H and O–H groups in total. The number of fused-ring (bicyclic) bond motifs is 1. The summed E-state index contributed by atoms with van der Waals surface area (Å²) in [6, 6.07) is 1.94. The van der Waals surface area contributed by atoms with E-state index in [1.807, 2.05) is 13.0 Å². The minimum absolute atomic E-state index is 0.0226. The second kappa shape index (κ2) is 4.78. The maximum absolute atomic E-state index is 11.6. The Morgan fingerprint density at radius 2 is 2.50 bits per heavy atom. The number of rotatable bonds is 3. The average molecular weight is 238 g/mol. The number of hydrogen-bond acceptors (Lipinski definition) is 4. The molecule has 0 spiro atoms. The molecule has 0 fully saturated rings. The highest BCUT2D eigenvalue weighted by Crippen LogP contribution is 2.32. The lowest BCUT2D eigenvalue weighted by Gasteiger charge is -2.19. The Labute approximate surface area is 98.4 Å². The third-order valence-corrected chi connectivity index (χ3v) is 3.97. The molecule has 1 atom stereocenters. The summed E-state index contributed by atoms with van der Waals surface area (Å²) in [7, 11) is 0. The zero-order valence-corrected chi connectivity index (χ0v) is 10.0. The zero-order chi connectivity index (χ0) is 11.5. The molecule has 0 saturated carbocycles. The molecule has 16 heavy (non-hydrogen) atoms. The number of thiophene rings is 1. The van der Waals surface area contributed by atoms with E-state index in [-0.39, 0.29) is 11.9 Å². The summed E-state index contributed by atoms with van der Waals surface area (Å²) in [6.07, 6.45) is 3.32. The first kappa shape index (κ1) is 11.3. The number of ether oxygens (including phenoxy) is 1. The van der Waals surface area contributed by atoms with Crippen molar-refractivity contribution >= 4 is 23.6 Å². The average Bonchev–Trinajstić information content (AvgIpc) is 2.70. The molecule has 1 aromatic rings. The molecule has 0 bridgehead atoms. The molecular formula is C12H14O3S. The highest BCUT2D eigenvalue weighted by molar-refractivity contribution is 7.13. The van der Waals surface area contributed by atoms with Crippen molar-refractivity contribution < 1.29 is 14.3 Å². The topological polar surface area (TPSA) is 43.4 Å². The fraction of sp³-hybridized carbons (Fsp3) is 0.500. The van der Waals surface area contributed by atoms with Crippen molar-refractivity contribution in [3.63, 3.8) is 0 Å². The second-order valence-corrected chi connectivity index (χ2v) is 5.08. The molecule has 2 rings (SSSR count). The molecule has 0 aliphatic heterocycles. The van der Waals surface area contributed by atoms with Gasteiger partial charge in [0.2, 0.25) is 0 Å². The van der Waals surface area contributed by atoms with E-state index in [1.165, 1.54) is 21.8 Å². The van der Waals surface area contributed by atoms with Crippen LogP contribution < -0.4 is 0 Å². The van der Waals surface area contributed by atoms with Crippen molar-refractivity contribution in [2.45, 2.75) is 26.2 Å². The van der Waals surface area contributed by atoms with Gasteiger partial charge in [0, 0.05) is 4.88 Å². The normalized spacial score (nSPS) is 18.9. The third kappa shape index (κ3) is 2.16. The van der Waals surface area contributed by atoms with E-state index in [0.29, 0.717) is 6.61 Å². The Balaban J connectivity index is 2.10. The Bertz CT molecular complexity index is 408. The van der Waals surface area contributed by atoms with Crippen molar-refractivity contribution in [1.29, 1.82) is 0 Å². The van der Waals surface area contributed by atoms with Crippen LogP contribution in [0.1, 0.15) is 33.5 Å². The monoisotopic (exact) mass is 238 g/mol. The second-order valence-electron chi connectivity index (χ2n) is 3.91. The summed E-state index contributed by atoms with van der Waals surface area (Å²) in [5.41, 5.74) is 1.23. The van der Waals surface area contributed by atoms with Gasteiger partial charge in [-0.1, -0.05) is 0 Å². The molecule has 1 aliphatic rings. The predicted molar refractivity (Wildman–Crippen MR) is 61.9 cm³/mol. The number of carbonyl (C=O) groups excluding carboxylic acids is 2. The lowest BCUT2D eigenvalue weighted by molar-refractivity contribution is -0.148. The first-order valence-electron chi connectivity index (χ1n) is 5.48. The fourth-order valence-electron chi connectivity index (χ4n) is 2.05. The van der Waals surface area contributed by atoms with Gasteiger partial charge in [-0.2, -0.15) is 0 Å². The highest BCUT2D eigenvalue weighted by Gasteiger charge is 2.27. The van der Waals surface area contributed by atoms with E-state index in [1.54, 1.807) is 0 Å². The van der Waals surface area contributed by atoms with Gasteiger partial charge >= 0.3 is 5.97 Å². The molecule has 1 aromatic heterocycles. The summed E-state index contributed by atoms with van der Waals surface area (Å²) in [4.78, 5) is 24.2. The molecule has 0 aromatic carbocycles. The van der Waals surface area contributed by atoms with E-state index >= 15 is 0 Å². The van der Waals surface area contributed by atoms with Gasteiger partial charge in [0.25, 0.3) is 0 Å². The van der Waals surface area contributed by atoms with Crippen LogP contribution in [0.15, 0.2) is 6.07 Å². The van der Waals surface area contributed by atoms with Crippen LogP contribution in [0.4, 0.5) is 0 Å². The summed E-state index contributed by atoms with van der Waals surface area (Å²) in [6.45, 7) is 2.26. The van der Waals surface area contributed by atoms with Gasteiger partial charge in [0.05, 0.1) is 17.4 Å². The van der Waals surface area contributed by atoms with Gasteiger partial charge in [0.1, 0.15) is 0 Å². The van der Waals surface area contributed by atoms with Crippen LogP contribution in [0.3, 0.4) is 0 Å². The summed E-state index contributed by atoms with van der Waals surface area (Å²) >= 11 is 1.50. The maximum Gasteiger partial charge on any atom is 0.309 e. The number of esters is 1. The first-order chi connectivity index (χ1) is 7.74. The van der Waals surface area contributed by atoms with Crippen LogP contribution in [0.2, 0.25) is 0 Å². The molecule has 1 unspecified atom stereocenters. The standard InChI is InChI=1S/C12H14O3S/c1-2-15-12(14)9-4-3-8-5-10(7-13)16-11(8)6-9/h5,7,9H,2-4,6H2,1H3. The number of aldehydes is 1. The molecule has 0 saturated heterocycles. The molecule has 1 heterocycles. The summed E-state index contributed by atoms with van der Waals surface area (Å²) in [5, 5.41) is 0. The first-order valence-corrected chi connectivity index (χ1v) is 6.29. The van der Waals surface area contributed by atoms with Gasteiger partial charge in [0.15, 0.2) is 6.29 Å². The summed E-state index contributed by atoms with van der Waals surface area (Å²) in [5.74, 6) is -0.125. The zero-order valence-electron chi connectivity index (χ0n) is 9.19. The van der Waals surface area contributed by atoms with Crippen molar-refractivity contribution in [1.82, 2.24) is 0 Å². The summed E-state index contributed by atoms with van der Waals surface area (Å²) < 4.78 is 5.03. The van der Waals surface area contributed by atoms with E-state index in [4.69, 9.17) is 4.74 Å². The predicted octanol–water partition coefficient (Wildman–Crippen LogP) is 2.23. The Hall–Kier alpha value is -1.16. The Morgan fingerprint density at radius 1 is 1.69 bits per heavy atom. The van der Waals surface area contributed by atoms with Crippen LogP contribution in [0.5, 0.6) is 0 Å². The van der Waals surface area contributed by atoms with Gasteiger partial charge < -0.3 is 4.74 Å². The van der Waals surface area contributed by atoms with E-state index in [2.05, 4.69) is 0 Å². The quantitative estimate of drug-likeness (QED) is 0.599. The molecular weight excluding hydrogens is 224 g/mol. The minimum Gasteiger partial charge on any atom is -0.466 e. The van der Waals surface area contributed by atoms with Crippen LogP contribution in [0, 0.1) is 5.92 Å². The van der Waals surface area contributed by atoms with E-state index in [9.17, 15) is 9.59 Å². The van der Waals surface area contributed by atoms with Gasteiger partial charge in [-0.25, -0.2) is 0 Å². The lowest BCUT2D eigenvalue weighted by Crippen LogP contribution is -2.23. The smallest absolute Gasteiger partial charge is 0.309 e. The van der Waals surface area contributed by atoms with Crippen molar-refractivity contribution in [2.24, 2.45) is 5.92 Å². The van der Waals surface area contributed by atoms with Crippen LogP contribution >= 0.6 is 11.3 Å². The highest BCUT2D eigenvalue weighted by atomic mass is 32.1. The number of carbonyl (C=O) groups is 2. The Morgan fingerprint density at radius 3 is 3.19 bits per heavy atom. The Kier molecular flexibility index (Phi) is 3.39. The molecule has 86 valence electrons.